The summed E-state index contributed by atoms with van der Waals surface area (Å²) in [4.78, 5) is 19.1. The number of carbonyl (C=O) groups excluding carboxylic acids is 1. The van der Waals surface area contributed by atoms with Crippen LogP contribution in [0.5, 0.6) is 0 Å². The molecule has 0 unspecified atom stereocenters. The molecule has 0 spiro atoms. The van der Waals surface area contributed by atoms with Gasteiger partial charge in [0.15, 0.2) is 11.6 Å². The SMILES string of the molecule is CNc1ccc(C(=O)Nc2ccc(N(C)C)nn2)c(NCCOCCOCCOCCO)n1. The van der Waals surface area contributed by atoms with Gasteiger partial charge >= 0.3 is 0 Å². The molecular formula is C21H33N7O5. The number of carbonyl (C=O) groups is 1. The van der Waals surface area contributed by atoms with Gasteiger partial charge < -0.3 is 40.2 Å². The van der Waals surface area contributed by atoms with Gasteiger partial charge in [-0.2, -0.15) is 0 Å². The molecule has 4 N–H and O–H groups in total. The number of pyridine rings is 1. The molecule has 2 rings (SSSR count). The lowest BCUT2D eigenvalue weighted by Gasteiger charge is -2.13. The largest absolute Gasteiger partial charge is 0.394 e. The van der Waals surface area contributed by atoms with E-state index in [9.17, 15) is 4.79 Å². The number of aliphatic hydroxyl groups excluding tert-OH is 1. The van der Waals surface area contributed by atoms with Crippen LogP contribution in [0.4, 0.5) is 23.3 Å². The van der Waals surface area contributed by atoms with Gasteiger partial charge in [0.1, 0.15) is 11.6 Å². The maximum absolute atomic E-state index is 12.8. The van der Waals surface area contributed by atoms with Crippen LogP contribution in [0.3, 0.4) is 0 Å². The van der Waals surface area contributed by atoms with Crippen molar-refractivity contribution in [3.05, 3.63) is 29.8 Å². The van der Waals surface area contributed by atoms with Crippen molar-refractivity contribution >= 4 is 29.2 Å². The molecule has 0 radical (unpaired) electrons. The second-order valence-corrected chi connectivity index (χ2v) is 6.96. The fraction of sp³-hybridized carbons (Fsp3) is 0.524. The molecule has 2 aromatic rings. The lowest BCUT2D eigenvalue weighted by Crippen LogP contribution is -2.20. The van der Waals surface area contributed by atoms with Crippen LogP contribution in [0.15, 0.2) is 24.3 Å². The van der Waals surface area contributed by atoms with E-state index in [4.69, 9.17) is 19.3 Å². The molecule has 12 nitrogen and oxygen atoms in total. The summed E-state index contributed by atoms with van der Waals surface area (Å²) >= 11 is 0. The summed E-state index contributed by atoms with van der Waals surface area (Å²) in [6, 6.07) is 6.87. The van der Waals surface area contributed by atoms with Crippen LogP contribution >= 0.6 is 0 Å². The summed E-state index contributed by atoms with van der Waals surface area (Å²) < 4.78 is 16.0. The van der Waals surface area contributed by atoms with Crippen molar-refractivity contribution in [3.8, 4) is 0 Å². The second kappa shape index (κ2) is 14.9. The third-order valence-electron chi connectivity index (χ3n) is 4.26. The highest BCUT2D eigenvalue weighted by Crippen LogP contribution is 2.18. The van der Waals surface area contributed by atoms with Crippen LogP contribution in [0.1, 0.15) is 10.4 Å². The summed E-state index contributed by atoms with van der Waals surface area (Å²) in [7, 11) is 5.48. The normalized spacial score (nSPS) is 10.7. The first-order chi connectivity index (χ1) is 16.0. The molecule has 33 heavy (non-hydrogen) atoms. The molecule has 0 aromatic carbocycles. The predicted octanol–water partition coefficient (Wildman–Crippen LogP) is 0.686. The van der Waals surface area contributed by atoms with Gasteiger partial charge in [-0.05, 0) is 24.3 Å². The van der Waals surface area contributed by atoms with E-state index in [2.05, 4.69) is 31.1 Å². The van der Waals surface area contributed by atoms with Gasteiger partial charge in [-0.25, -0.2) is 4.98 Å². The number of hydrogen-bond acceptors (Lipinski definition) is 11. The molecular weight excluding hydrogens is 430 g/mol. The van der Waals surface area contributed by atoms with Crippen LogP contribution < -0.4 is 20.9 Å². The van der Waals surface area contributed by atoms with Gasteiger partial charge in [0.05, 0.1) is 51.8 Å². The third-order valence-corrected chi connectivity index (χ3v) is 4.26. The first-order valence-electron chi connectivity index (χ1n) is 10.6. The Kier molecular flexibility index (Phi) is 11.8. The zero-order chi connectivity index (χ0) is 23.9. The third kappa shape index (κ3) is 9.53. The van der Waals surface area contributed by atoms with Crippen LogP contribution in [-0.2, 0) is 14.2 Å². The summed E-state index contributed by atoms with van der Waals surface area (Å²) in [5, 5.41) is 25.5. The molecule has 0 aliphatic heterocycles. The van der Waals surface area contributed by atoms with Gasteiger partial charge in [0, 0.05) is 27.7 Å². The molecule has 12 heteroatoms. The number of aromatic nitrogens is 3. The quantitative estimate of drug-likeness (QED) is 0.261. The average molecular weight is 464 g/mol. The summed E-state index contributed by atoms with van der Waals surface area (Å²) in [5.41, 5.74) is 0.374. The van der Waals surface area contributed by atoms with E-state index in [0.717, 1.165) is 0 Å². The van der Waals surface area contributed by atoms with E-state index >= 15 is 0 Å². The fourth-order valence-electron chi connectivity index (χ4n) is 2.58. The summed E-state index contributed by atoms with van der Waals surface area (Å²) in [6.45, 7) is 2.94. The molecule has 0 aliphatic carbocycles. The van der Waals surface area contributed by atoms with Crippen molar-refractivity contribution in [3.63, 3.8) is 0 Å². The van der Waals surface area contributed by atoms with Crippen LogP contribution in [0.25, 0.3) is 0 Å². The highest BCUT2D eigenvalue weighted by atomic mass is 16.5. The lowest BCUT2D eigenvalue weighted by atomic mass is 10.2. The Morgan fingerprint density at radius 2 is 1.61 bits per heavy atom. The first-order valence-corrected chi connectivity index (χ1v) is 10.6. The zero-order valence-electron chi connectivity index (χ0n) is 19.3. The van der Waals surface area contributed by atoms with E-state index in [1.165, 1.54) is 0 Å². The Labute approximate surface area is 193 Å². The van der Waals surface area contributed by atoms with E-state index in [0.29, 0.717) is 75.0 Å². The van der Waals surface area contributed by atoms with Crippen molar-refractivity contribution < 1.29 is 24.1 Å². The van der Waals surface area contributed by atoms with E-state index < -0.39 is 0 Å². The smallest absolute Gasteiger partial charge is 0.260 e. The monoisotopic (exact) mass is 463 g/mol. The molecule has 2 heterocycles. The highest BCUT2D eigenvalue weighted by Gasteiger charge is 2.15. The molecule has 1 amide bonds. The second-order valence-electron chi connectivity index (χ2n) is 6.96. The van der Waals surface area contributed by atoms with Crippen molar-refractivity contribution in [2.24, 2.45) is 0 Å². The minimum Gasteiger partial charge on any atom is -0.394 e. The molecule has 182 valence electrons. The lowest BCUT2D eigenvalue weighted by molar-refractivity contribution is 0.00920. The summed E-state index contributed by atoms with van der Waals surface area (Å²) in [6.07, 6.45) is 0. The van der Waals surface area contributed by atoms with Gasteiger partial charge in [0.2, 0.25) is 0 Å². The van der Waals surface area contributed by atoms with E-state index in [1.54, 1.807) is 31.3 Å². The highest BCUT2D eigenvalue weighted by molar-refractivity contribution is 6.07. The standard InChI is InChI=1S/C21H33N7O5/c1-22-17-5-4-16(21(30)25-18-6-7-19(27-26-18)28(2)3)20(24-17)23-8-10-31-12-14-33-15-13-32-11-9-29/h4-7,29H,8-15H2,1-3H3,(H2,22,23,24)(H,25,26,30). The van der Waals surface area contributed by atoms with E-state index in [1.807, 2.05) is 19.0 Å². The Bertz CT molecular complexity index is 836. The zero-order valence-corrected chi connectivity index (χ0v) is 19.3. The summed E-state index contributed by atoms with van der Waals surface area (Å²) in [5.74, 6) is 1.74. The predicted molar refractivity (Wildman–Crippen MR) is 126 cm³/mol. The molecule has 2 aromatic heterocycles. The maximum atomic E-state index is 12.8. The van der Waals surface area contributed by atoms with Gasteiger partial charge in [-0.15, -0.1) is 10.2 Å². The molecule has 0 atom stereocenters. The van der Waals surface area contributed by atoms with Crippen molar-refractivity contribution in [2.45, 2.75) is 0 Å². The number of ether oxygens (including phenoxy) is 3. The molecule has 0 bridgehead atoms. The minimum absolute atomic E-state index is 0.00351. The molecule has 0 fully saturated rings. The van der Waals surface area contributed by atoms with Crippen LogP contribution in [-0.4, -0.2) is 100 Å². The number of aliphatic hydroxyl groups is 1. The van der Waals surface area contributed by atoms with Crippen molar-refractivity contribution in [2.75, 3.05) is 94.8 Å². The molecule has 0 saturated carbocycles. The van der Waals surface area contributed by atoms with Crippen molar-refractivity contribution in [1.29, 1.82) is 0 Å². The number of nitrogens with zero attached hydrogens (tertiary/aromatic N) is 4. The Morgan fingerprint density at radius 3 is 2.21 bits per heavy atom. The Morgan fingerprint density at radius 1 is 0.939 bits per heavy atom. The number of hydrogen-bond donors (Lipinski definition) is 4. The number of nitrogens with one attached hydrogen (secondary N) is 3. The Hall–Kier alpha value is -3.06. The van der Waals surface area contributed by atoms with Gasteiger partial charge in [-0.1, -0.05) is 0 Å². The molecule has 0 saturated heterocycles. The molecule has 0 aliphatic rings. The fourth-order valence-corrected chi connectivity index (χ4v) is 2.58. The van der Waals surface area contributed by atoms with Crippen LogP contribution in [0, 0.1) is 0 Å². The van der Waals surface area contributed by atoms with Gasteiger partial charge in [0.25, 0.3) is 5.91 Å². The Balaban J connectivity index is 1.81. The van der Waals surface area contributed by atoms with Crippen molar-refractivity contribution in [1.82, 2.24) is 15.2 Å². The average Bonchev–Trinajstić information content (AvgIpc) is 2.82. The van der Waals surface area contributed by atoms with E-state index in [-0.39, 0.29) is 12.5 Å². The number of rotatable bonds is 16. The first kappa shape index (κ1) is 26.2. The van der Waals surface area contributed by atoms with Gasteiger partial charge in [-0.3, -0.25) is 4.79 Å². The maximum Gasteiger partial charge on any atom is 0.260 e. The number of anilines is 4. The number of amides is 1. The van der Waals surface area contributed by atoms with Crippen LogP contribution in [0.2, 0.25) is 0 Å². The minimum atomic E-state index is -0.350. The topological polar surface area (TPSA) is 143 Å².